The number of nitrogens with zero attached hydrogens (tertiary/aromatic N) is 1. The average molecular weight is 359 g/mol. The van der Waals surface area contributed by atoms with Crippen molar-refractivity contribution in [1.29, 1.82) is 0 Å². The number of amides is 3. The van der Waals surface area contributed by atoms with Gasteiger partial charge in [-0.05, 0) is 39.8 Å². The number of rotatable bonds is 4. The van der Waals surface area contributed by atoms with Gasteiger partial charge in [0.2, 0.25) is 5.89 Å². The number of esters is 1. The van der Waals surface area contributed by atoms with E-state index < -0.39 is 29.6 Å². The molecule has 8 heteroatoms. The van der Waals surface area contributed by atoms with E-state index in [1.165, 1.54) is 13.0 Å². The molecular formula is C18H21N3O5. The number of fused-ring (bicyclic) bond motifs is 1. The van der Waals surface area contributed by atoms with E-state index in [1.807, 2.05) is 12.1 Å². The van der Waals surface area contributed by atoms with Crippen molar-refractivity contribution in [2.24, 2.45) is 0 Å². The van der Waals surface area contributed by atoms with Crippen molar-refractivity contribution in [1.82, 2.24) is 15.6 Å². The van der Waals surface area contributed by atoms with Gasteiger partial charge in [0, 0.05) is 17.7 Å². The van der Waals surface area contributed by atoms with Crippen LogP contribution in [-0.4, -0.2) is 34.5 Å². The standard InChI is InChI=1S/C18H21N3O5/c1-11(16(23)20-17(24)21-18(2,3)4)25-15(22)10-9-14-19-12-7-5-6-8-13(12)26-14/h5-11H,1-4H3,(H2,20,21,23,24)/b10-9+/t11-/m0/s1. The zero-order chi connectivity index (χ0) is 19.3. The molecule has 0 aliphatic heterocycles. The number of carbonyl (C=O) groups excluding carboxylic acids is 3. The molecule has 0 aliphatic carbocycles. The predicted molar refractivity (Wildman–Crippen MR) is 95.0 cm³/mol. The van der Waals surface area contributed by atoms with Crippen LogP contribution in [0, 0.1) is 0 Å². The molecule has 0 bridgehead atoms. The third-order valence-electron chi connectivity index (χ3n) is 3.06. The number of nitrogens with one attached hydrogen (secondary N) is 2. The third kappa shape index (κ3) is 5.73. The van der Waals surface area contributed by atoms with Gasteiger partial charge in [0.25, 0.3) is 5.91 Å². The molecule has 3 amide bonds. The van der Waals surface area contributed by atoms with Gasteiger partial charge in [-0.1, -0.05) is 12.1 Å². The van der Waals surface area contributed by atoms with E-state index in [1.54, 1.807) is 32.9 Å². The van der Waals surface area contributed by atoms with Gasteiger partial charge in [0.1, 0.15) is 5.52 Å². The van der Waals surface area contributed by atoms with Crippen LogP contribution in [-0.2, 0) is 14.3 Å². The van der Waals surface area contributed by atoms with Crippen LogP contribution in [0.5, 0.6) is 0 Å². The molecule has 0 saturated heterocycles. The highest BCUT2D eigenvalue weighted by molar-refractivity contribution is 5.98. The summed E-state index contributed by atoms with van der Waals surface area (Å²) in [6.07, 6.45) is 1.31. The Morgan fingerprint density at radius 1 is 1.23 bits per heavy atom. The quantitative estimate of drug-likeness (QED) is 0.641. The third-order valence-corrected chi connectivity index (χ3v) is 3.06. The van der Waals surface area contributed by atoms with Gasteiger partial charge in [0.15, 0.2) is 11.7 Å². The Morgan fingerprint density at radius 2 is 1.92 bits per heavy atom. The first-order valence-corrected chi connectivity index (χ1v) is 8.01. The predicted octanol–water partition coefficient (Wildman–Crippen LogP) is 2.40. The largest absolute Gasteiger partial charge is 0.449 e. The van der Waals surface area contributed by atoms with Crippen molar-refractivity contribution in [2.75, 3.05) is 0 Å². The molecular weight excluding hydrogens is 338 g/mol. The molecule has 2 rings (SSSR count). The van der Waals surface area contributed by atoms with Crippen LogP contribution in [0.25, 0.3) is 17.2 Å². The average Bonchev–Trinajstić information content (AvgIpc) is 2.93. The molecule has 1 aromatic carbocycles. The van der Waals surface area contributed by atoms with Gasteiger partial charge < -0.3 is 14.5 Å². The van der Waals surface area contributed by atoms with E-state index in [0.717, 1.165) is 6.08 Å². The van der Waals surface area contributed by atoms with Crippen molar-refractivity contribution >= 4 is 35.1 Å². The number of para-hydroxylation sites is 2. The number of oxazole rings is 1. The fourth-order valence-corrected chi connectivity index (χ4v) is 1.95. The second kappa shape index (κ2) is 7.81. The molecule has 26 heavy (non-hydrogen) atoms. The summed E-state index contributed by atoms with van der Waals surface area (Å²) in [6.45, 7) is 6.69. The van der Waals surface area contributed by atoms with E-state index in [9.17, 15) is 14.4 Å². The topological polar surface area (TPSA) is 111 Å². The Kier molecular flexibility index (Phi) is 5.76. The number of aromatic nitrogens is 1. The van der Waals surface area contributed by atoms with Gasteiger partial charge in [-0.2, -0.15) is 0 Å². The minimum atomic E-state index is -1.14. The van der Waals surface area contributed by atoms with Crippen molar-refractivity contribution in [2.45, 2.75) is 39.3 Å². The molecule has 2 N–H and O–H groups in total. The fourth-order valence-electron chi connectivity index (χ4n) is 1.95. The van der Waals surface area contributed by atoms with Crippen LogP contribution >= 0.6 is 0 Å². The van der Waals surface area contributed by atoms with Crippen LogP contribution in [0.2, 0.25) is 0 Å². The smallest absolute Gasteiger partial charge is 0.331 e. The first-order chi connectivity index (χ1) is 12.1. The number of imide groups is 1. The van der Waals surface area contributed by atoms with Crippen LogP contribution < -0.4 is 10.6 Å². The molecule has 8 nitrogen and oxygen atoms in total. The lowest BCUT2D eigenvalue weighted by Gasteiger charge is -2.21. The SMILES string of the molecule is C[C@H](OC(=O)/C=C/c1nc2ccccc2o1)C(=O)NC(=O)NC(C)(C)C. The molecule has 1 heterocycles. The summed E-state index contributed by atoms with van der Waals surface area (Å²) in [5.74, 6) is -1.24. The van der Waals surface area contributed by atoms with Crippen molar-refractivity contribution in [3.05, 3.63) is 36.2 Å². The summed E-state index contributed by atoms with van der Waals surface area (Å²) in [5, 5.41) is 4.68. The maximum atomic E-state index is 11.9. The minimum Gasteiger partial charge on any atom is -0.449 e. The lowest BCUT2D eigenvalue weighted by atomic mass is 10.1. The first kappa shape index (κ1) is 19.2. The fraction of sp³-hybridized carbons (Fsp3) is 0.333. The number of urea groups is 1. The first-order valence-electron chi connectivity index (χ1n) is 8.01. The van der Waals surface area contributed by atoms with Crippen LogP contribution in [0.1, 0.15) is 33.6 Å². The summed E-state index contributed by atoms with van der Waals surface area (Å²) >= 11 is 0. The van der Waals surface area contributed by atoms with E-state index >= 15 is 0 Å². The Bertz CT molecular complexity index is 815. The minimum absolute atomic E-state index is 0.241. The van der Waals surface area contributed by atoms with Gasteiger partial charge >= 0.3 is 12.0 Å². The lowest BCUT2D eigenvalue weighted by Crippen LogP contribution is -2.50. The summed E-state index contributed by atoms with van der Waals surface area (Å²) in [5.41, 5.74) is 0.767. The summed E-state index contributed by atoms with van der Waals surface area (Å²) in [6, 6.07) is 6.51. The molecule has 0 spiro atoms. The maximum Gasteiger partial charge on any atom is 0.331 e. The van der Waals surface area contributed by atoms with Crippen LogP contribution in [0.3, 0.4) is 0 Å². The second-order valence-corrected chi connectivity index (χ2v) is 6.63. The van der Waals surface area contributed by atoms with Gasteiger partial charge in [-0.15, -0.1) is 0 Å². The van der Waals surface area contributed by atoms with E-state index in [0.29, 0.717) is 11.1 Å². The Labute approximate surface area is 150 Å². The molecule has 1 atom stereocenters. The van der Waals surface area contributed by atoms with Crippen LogP contribution in [0.15, 0.2) is 34.8 Å². The highest BCUT2D eigenvalue weighted by Gasteiger charge is 2.21. The Hall–Kier alpha value is -3.16. The Balaban J connectivity index is 1.87. The molecule has 0 radical (unpaired) electrons. The van der Waals surface area contributed by atoms with E-state index in [-0.39, 0.29) is 5.89 Å². The highest BCUT2D eigenvalue weighted by atomic mass is 16.5. The number of hydrogen-bond donors (Lipinski definition) is 2. The monoisotopic (exact) mass is 359 g/mol. The molecule has 2 aromatic rings. The zero-order valence-corrected chi connectivity index (χ0v) is 15.0. The molecule has 1 aromatic heterocycles. The van der Waals surface area contributed by atoms with Crippen molar-refractivity contribution < 1.29 is 23.5 Å². The van der Waals surface area contributed by atoms with Gasteiger partial charge in [-0.3, -0.25) is 10.1 Å². The van der Waals surface area contributed by atoms with Gasteiger partial charge in [-0.25, -0.2) is 14.6 Å². The maximum absolute atomic E-state index is 11.9. The van der Waals surface area contributed by atoms with Crippen LogP contribution in [0.4, 0.5) is 4.79 Å². The normalized spacial score (nSPS) is 12.8. The molecule has 0 aliphatic rings. The number of hydrogen-bond acceptors (Lipinski definition) is 6. The molecule has 0 saturated carbocycles. The summed E-state index contributed by atoms with van der Waals surface area (Å²) in [4.78, 5) is 39.5. The summed E-state index contributed by atoms with van der Waals surface area (Å²) in [7, 11) is 0. The number of benzene rings is 1. The number of ether oxygens (including phenoxy) is 1. The highest BCUT2D eigenvalue weighted by Crippen LogP contribution is 2.15. The summed E-state index contributed by atoms with van der Waals surface area (Å²) < 4.78 is 10.4. The van der Waals surface area contributed by atoms with Gasteiger partial charge in [0.05, 0.1) is 0 Å². The van der Waals surface area contributed by atoms with Crippen molar-refractivity contribution in [3.63, 3.8) is 0 Å². The van der Waals surface area contributed by atoms with Crippen molar-refractivity contribution in [3.8, 4) is 0 Å². The lowest BCUT2D eigenvalue weighted by molar-refractivity contribution is -0.149. The van der Waals surface area contributed by atoms with E-state index in [2.05, 4.69) is 15.6 Å². The molecule has 138 valence electrons. The molecule has 0 fully saturated rings. The second-order valence-electron chi connectivity index (χ2n) is 6.63. The Morgan fingerprint density at radius 3 is 2.58 bits per heavy atom. The number of carbonyl (C=O) groups is 3. The molecule has 0 unspecified atom stereocenters. The van der Waals surface area contributed by atoms with E-state index in [4.69, 9.17) is 9.15 Å². The zero-order valence-electron chi connectivity index (χ0n) is 15.0.